The van der Waals surface area contributed by atoms with E-state index in [1.165, 1.54) is 34.9 Å². The van der Waals surface area contributed by atoms with E-state index in [2.05, 4.69) is 57.8 Å². The molecule has 0 radical (unpaired) electrons. The van der Waals surface area contributed by atoms with E-state index in [-0.39, 0.29) is 55.5 Å². The minimum atomic E-state index is -0.0858. The van der Waals surface area contributed by atoms with Gasteiger partial charge in [-0.15, -0.1) is 49.6 Å². The van der Waals surface area contributed by atoms with Gasteiger partial charge in [-0.05, 0) is 73.3 Å². The highest BCUT2D eigenvalue weighted by molar-refractivity contribution is 6.04. The van der Waals surface area contributed by atoms with Crippen molar-refractivity contribution >= 4 is 72.1 Å². The quantitative estimate of drug-likeness (QED) is 0.276. The van der Waals surface area contributed by atoms with Gasteiger partial charge in [0.05, 0.1) is 0 Å². The number of hydrogen-bond acceptors (Lipinski definition) is 2. The SMILES string of the molecule is Cl.Cl.Cl.Cl.O=C(Nc1ccccc1)c1ccc(Cn2cc(C3CCNCC3)c3ccccc32)cc1. The molecule has 0 spiro atoms. The van der Waals surface area contributed by atoms with E-state index in [9.17, 15) is 4.79 Å². The molecule has 1 fully saturated rings. The molecular formula is C27H31Cl4N3O. The molecule has 1 aromatic heterocycles. The molecule has 5 rings (SSSR count). The predicted molar refractivity (Wildman–Crippen MR) is 156 cm³/mol. The number of aromatic nitrogens is 1. The van der Waals surface area contributed by atoms with Gasteiger partial charge in [-0.3, -0.25) is 4.79 Å². The first kappa shape index (κ1) is 30.8. The Balaban J connectivity index is 0.00000153. The zero-order chi connectivity index (χ0) is 21.0. The van der Waals surface area contributed by atoms with Crippen LogP contribution in [0.15, 0.2) is 85.1 Å². The lowest BCUT2D eigenvalue weighted by atomic mass is 9.90. The first-order chi connectivity index (χ1) is 15.3. The number of piperidine rings is 1. The molecule has 0 saturated carbocycles. The summed E-state index contributed by atoms with van der Waals surface area (Å²) in [5, 5.41) is 7.78. The molecule has 0 atom stereocenters. The van der Waals surface area contributed by atoms with E-state index >= 15 is 0 Å². The minimum Gasteiger partial charge on any atom is -0.343 e. The first-order valence-electron chi connectivity index (χ1n) is 11.0. The summed E-state index contributed by atoms with van der Waals surface area (Å²) in [4.78, 5) is 12.5. The lowest BCUT2D eigenvalue weighted by Gasteiger charge is -2.22. The third-order valence-electron chi connectivity index (χ3n) is 6.20. The molecule has 0 bridgehead atoms. The highest BCUT2D eigenvalue weighted by Crippen LogP contribution is 2.33. The molecule has 1 saturated heterocycles. The van der Waals surface area contributed by atoms with Crippen LogP contribution in [0, 0.1) is 0 Å². The largest absolute Gasteiger partial charge is 0.343 e. The summed E-state index contributed by atoms with van der Waals surface area (Å²) in [5.74, 6) is 0.536. The van der Waals surface area contributed by atoms with Crippen LogP contribution in [0.3, 0.4) is 0 Å². The lowest BCUT2D eigenvalue weighted by Crippen LogP contribution is -2.26. The van der Waals surface area contributed by atoms with E-state index in [1.807, 2.05) is 42.5 Å². The second-order valence-corrected chi connectivity index (χ2v) is 8.27. The van der Waals surface area contributed by atoms with Gasteiger partial charge in [0, 0.05) is 34.9 Å². The van der Waals surface area contributed by atoms with Crippen LogP contribution in [0.4, 0.5) is 5.69 Å². The molecule has 1 amide bonds. The van der Waals surface area contributed by atoms with Gasteiger partial charge in [0.2, 0.25) is 0 Å². The summed E-state index contributed by atoms with van der Waals surface area (Å²) >= 11 is 0. The first-order valence-corrected chi connectivity index (χ1v) is 11.0. The van der Waals surface area contributed by atoms with Crippen molar-refractivity contribution in [2.75, 3.05) is 18.4 Å². The molecule has 0 aliphatic carbocycles. The van der Waals surface area contributed by atoms with Crippen LogP contribution in [0.5, 0.6) is 0 Å². The standard InChI is InChI=1S/C27H27N3O.4ClH/c31-27(29-23-6-2-1-3-7-23)22-12-10-20(11-13-22)18-30-19-25(21-14-16-28-17-15-21)24-8-4-5-9-26(24)30;;;;/h1-13,19,21,28H,14-18H2,(H,29,31);4*1H. The normalized spacial score (nSPS) is 12.9. The topological polar surface area (TPSA) is 46.1 Å². The van der Waals surface area contributed by atoms with Crippen LogP contribution >= 0.6 is 49.6 Å². The predicted octanol–water partition coefficient (Wildman–Crippen LogP) is 7.10. The van der Waals surface area contributed by atoms with E-state index in [0.29, 0.717) is 11.5 Å². The lowest BCUT2D eigenvalue weighted by molar-refractivity contribution is 0.102. The average Bonchev–Trinajstić information content (AvgIpc) is 3.19. The average molecular weight is 555 g/mol. The van der Waals surface area contributed by atoms with E-state index < -0.39 is 0 Å². The summed E-state index contributed by atoms with van der Waals surface area (Å²) in [7, 11) is 0. The fraction of sp³-hybridized carbons (Fsp3) is 0.222. The molecule has 35 heavy (non-hydrogen) atoms. The third-order valence-corrected chi connectivity index (χ3v) is 6.20. The van der Waals surface area contributed by atoms with Crippen molar-refractivity contribution in [3.8, 4) is 0 Å². The van der Waals surface area contributed by atoms with Crippen LogP contribution in [0.2, 0.25) is 0 Å². The zero-order valence-corrected chi connectivity index (χ0v) is 22.5. The molecule has 0 unspecified atom stereocenters. The summed E-state index contributed by atoms with van der Waals surface area (Å²) in [5.41, 5.74) is 5.41. The molecule has 188 valence electrons. The Morgan fingerprint density at radius 1 is 0.829 bits per heavy atom. The van der Waals surface area contributed by atoms with Gasteiger partial charge < -0.3 is 15.2 Å². The fourth-order valence-corrected chi connectivity index (χ4v) is 4.55. The summed E-state index contributed by atoms with van der Waals surface area (Å²) < 4.78 is 2.35. The Bertz CT molecular complexity index is 1190. The summed E-state index contributed by atoms with van der Waals surface area (Å²) in [6, 6.07) is 26.2. The number of fused-ring (bicyclic) bond motifs is 1. The van der Waals surface area contributed by atoms with Crippen LogP contribution < -0.4 is 10.6 Å². The van der Waals surface area contributed by atoms with Gasteiger partial charge >= 0.3 is 0 Å². The molecule has 4 aromatic rings. The molecule has 2 N–H and O–H groups in total. The van der Waals surface area contributed by atoms with Gasteiger partial charge in [-0.25, -0.2) is 0 Å². The van der Waals surface area contributed by atoms with Crippen LogP contribution in [-0.2, 0) is 6.54 Å². The number of benzene rings is 3. The Hall–Kier alpha value is -2.21. The molecule has 3 aromatic carbocycles. The summed E-state index contributed by atoms with van der Waals surface area (Å²) in [6.45, 7) is 2.99. The van der Waals surface area contributed by atoms with E-state index in [4.69, 9.17) is 0 Å². The maximum absolute atomic E-state index is 12.5. The molecule has 1 aliphatic heterocycles. The number of halogens is 4. The second-order valence-electron chi connectivity index (χ2n) is 8.27. The molecule has 4 nitrogen and oxygen atoms in total. The van der Waals surface area contributed by atoms with E-state index in [1.54, 1.807) is 0 Å². The van der Waals surface area contributed by atoms with Crippen molar-refractivity contribution in [1.82, 2.24) is 9.88 Å². The number of anilines is 1. The Labute approximate surface area is 231 Å². The highest BCUT2D eigenvalue weighted by atomic mass is 35.5. The Morgan fingerprint density at radius 2 is 1.46 bits per heavy atom. The van der Waals surface area contributed by atoms with Crippen molar-refractivity contribution in [2.24, 2.45) is 0 Å². The maximum atomic E-state index is 12.5. The van der Waals surface area contributed by atoms with Crippen molar-refractivity contribution < 1.29 is 4.79 Å². The van der Waals surface area contributed by atoms with Crippen molar-refractivity contribution in [2.45, 2.75) is 25.3 Å². The van der Waals surface area contributed by atoms with Crippen LogP contribution in [0.1, 0.15) is 40.2 Å². The van der Waals surface area contributed by atoms with Crippen molar-refractivity contribution in [3.63, 3.8) is 0 Å². The molecule has 1 aliphatic rings. The van der Waals surface area contributed by atoms with Crippen molar-refractivity contribution in [3.05, 3.63) is 102 Å². The van der Waals surface area contributed by atoms with Gasteiger partial charge in [-0.2, -0.15) is 0 Å². The highest BCUT2D eigenvalue weighted by Gasteiger charge is 2.20. The minimum absolute atomic E-state index is 0. The Kier molecular flexibility index (Phi) is 12.7. The fourth-order valence-electron chi connectivity index (χ4n) is 4.55. The van der Waals surface area contributed by atoms with Gasteiger partial charge in [0.1, 0.15) is 0 Å². The Morgan fingerprint density at radius 3 is 2.14 bits per heavy atom. The third kappa shape index (κ3) is 7.16. The van der Waals surface area contributed by atoms with Crippen LogP contribution in [-0.4, -0.2) is 23.6 Å². The number of hydrogen-bond donors (Lipinski definition) is 2. The van der Waals surface area contributed by atoms with Crippen molar-refractivity contribution in [1.29, 1.82) is 0 Å². The monoisotopic (exact) mass is 553 g/mol. The number of rotatable bonds is 5. The van der Waals surface area contributed by atoms with E-state index in [0.717, 1.165) is 25.3 Å². The number of carbonyl (C=O) groups is 1. The molecule has 2 heterocycles. The zero-order valence-electron chi connectivity index (χ0n) is 19.2. The van der Waals surface area contributed by atoms with Gasteiger partial charge in [0.15, 0.2) is 0 Å². The maximum Gasteiger partial charge on any atom is 0.255 e. The van der Waals surface area contributed by atoms with Gasteiger partial charge in [0.25, 0.3) is 5.91 Å². The number of amides is 1. The molecular weight excluding hydrogens is 524 g/mol. The van der Waals surface area contributed by atoms with Crippen LogP contribution in [0.25, 0.3) is 10.9 Å². The number of carbonyl (C=O) groups excluding carboxylic acids is 1. The number of nitrogens with one attached hydrogen (secondary N) is 2. The number of para-hydroxylation sites is 2. The summed E-state index contributed by atoms with van der Waals surface area (Å²) in [6.07, 6.45) is 4.73. The van der Waals surface area contributed by atoms with Gasteiger partial charge in [-0.1, -0.05) is 48.5 Å². The number of nitrogens with zero attached hydrogens (tertiary/aromatic N) is 1. The molecule has 8 heteroatoms. The second kappa shape index (κ2) is 14.4. The smallest absolute Gasteiger partial charge is 0.255 e.